The summed E-state index contributed by atoms with van der Waals surface area (Å²) >= 11 is 5.68. The number of esters is 1. The standard InChI is InChI=1S/C17H23ClN2O3/c1-10-5-4-6-14(11(10)2)20-16(21)12(3)23-17(22)13-7-8-15(18)19-9-13/h7-12,14H,4-6H2,1-3H3,(H,20,21)/t10-,11+,12+,14+/m0/s1. The SMILES string of the molecule is C[C@@H]1[C@@H](C)CCC[C@H]1NC(=O)[C@@H](C)OC(=O)c1ccc(Cl)nc1. The lowest BCUT2D eigenvalue weighted by molar-refractivity contribution is -0.130. The largest absolute Gasteiger partial charge is 0.449 e. The molecule has 1 aromatic rings. The van der Waals surface area contributed by atoms with E-state index >= 15 is 0 Å². The van der Waals surface area contributed by atoms with Crippen molar-refractivity contribution in [2.75, 3.05) is 0 Å². The summed E-state index contributed by atoms with van der Waals surface area (Å²) in [6.45, 7) is 5.94. The van der Waals surface area contributed by atoms with Crippen molar-refractivity contribution >= 4 is 23.5 Å². The Morgan fingerprint density at radius 2 is 2.09 bits per heavy atom. The number of nitrogens with one attached hydrogen (secondary N) is 1. The Kier molecular flexibility index (Phi) is 5.99. The van der Waals surface area contributed by atoms with E-state index in [0.29, 0.717) is 17.0 Å². The number of carbonyl (C=O) groups excluding carboxylic acids is 2. The normalized spacial score (nSPS) is 25.5. The lowest BCUT2D eigenvalue weighted by atomic mass is 9.78. The minimum absolute atomic E-state index is 0.143. The molecule has 1 aliphatic rings. The molecule has 0 bridgehead atoms. The average molecular weight is 339 g/mol. The van der Waals surface area contributed by atoms with Crippen molar-refractivity contribution < 1.29 is 14.3 Å². The highest BCUT2D eigenvalue weighted by molar-refractivity contribution is 6.29. The quantitative estimate of drug-likeness (QED) is 0.676. The Hall–Kier alpha value is -1.62. The monoisotopic (exact) mass is 338 g/mol. The molecule has 23 heavy (non-hydrogen) atoms. The molecule has 2 rings (SSSR count). The Morgan fingerprint density at radius 3 is 2.74 bits per heavy atom. The Balaban J connectivity index is 1.89. The third kappa shape index (κ3) is 4.67. The van der Waals surface area contributed by atoms with Gasteiger partial charge in [0.15, 0.2) is 6.10 Å². The summed E-state index contributed by atoms with van der Waals surface area (Å²) in [5.41, 5.74) is 0.272. The predicted molar refractivity (Wildman–Crippen MR) is 88.2 cm³/mol. The van der Waals surface area contributed by atoms with E-state index in [9.17, 15) is 9.59 Å². The first-order chi connectivity index (χ1) is 10.9. The maximum Gasteiger partial charge on any atom is 0.340 e. The molecule has 6 heteroatoms. The Bertz CT molecular complexity index is 561. The van der Waals surface area contributed by atoms with E-state index in [1.807, 2.05) is 0 Å². The van der Waals surface area contributed by atoms with Crippen LogP contribution in [-0.4, -0.2) is 29.0 Å². The first kappa shape index (κ1) is 17.7. The van der Waals surface area contributed by atoms with E-state index in [-0.39, 0.29) is 17.5 Å². The number of halogens is 1. The highest BCUT2D eigenvalue weighted by atomic mass is 35.5. The van der Waals surface area contributed by atoms with Crippen molar-refractivity contribution in [3.63, 3.8) is 0 Å². The first-order valence-corrected chi connectivity index (χ1v) is 8.39. The number of hydrogen-bond acceptors (Lipinski definition) is 4. The third-order valence-electron chi connectivity index (χ3n) is 4.65. The van der Waals surface area contributed by atoms with Crippen molar-refractivity contribution in [1.29, 1.82) is 0 Å². The molecule has 1 N–H and O–H groups in total. The van der Waals surface area contributed by atoms with E-state index in [1.54, 1.807) is 6.92 Å². The summed E-state index contributed by atoms with van der Waals surface area (Å²) in [6, 6.07) is 3.17. The van der Waals surface area contributed by atoms with Crippen LogP contribution in [0.15, 0.2) is 18.3 Å². The van der Waals surface area contributed by atoms with Crippen LogP contribution in [-0.2, 0) is 9.53 Å². The highest BCUT2D eigenvalue weighted by Crippen LogP contribution is 2.29. The van der Waals surface area contributed by atoms with Crippen molar-refractivity contribution in [1.82, 2.24) is 10.3 Å². The van der Waals surface area contributed by atoms with E-state index < -0.39 is 12.1 Å². The second-order valence-electron chi connectivity index (χ2n) is 6.30. The van der Waals surface area contributed by atoms with Gasteiger partial charge < -0.3 is 10.1 Å². The molecular formula is C17H23ClN2O3. The maximum atomic E-state index is 12.3. The van der Waals surface area contributed by atoms with Gasteiger partial charge in [-0.2, -0.15) is 0 Å². The molecule has 1 heterocycles. The second kappa shape index (κ2) is 7.77. The molecule has 1 amide bonds. The minimum atomic E-state index is -0.845. The molecule has 1 fully saturated rings. The van der Waals surface area contributed by atoms with Gasteiger partial charge in [0.1, 0.15) is 5.15 Å². The lowest BCUT2D eigenvalue weighted by Gasteiger charge is -2.35. The van der Waals surface area contributed by atoms with Crippen LogP contribution in [0.4, 0.5) is 0 Å². The maximum absolute atomic E-state index is 12.3. The van der Waals surface area contributed by atoms with Crippen LogP contribution in [0, 0.1) is 11.8 Å². The number of rotatable bonds is 4. The van der Waals surface area contributed by atoms with Crippen LogP contribution in [0.25, 0.3) is 0 Å². The number of hydrogen-bond donors (Lipinski definition) is 1. The summed E-state index contributed by atoms with van der Waals surface area (Å²) in [4.78, 5) is 28.1. The zero-order valence-corrected chi connectivity index (χ0v) is 14.5. The number of pyridine rings is 1. The van der Waals surface area contributed by atoms with E-state index in [1.165, 1.54) is 24.8 Å². The van der Waals surface area contributed by atoms with Gasteiger partial charge in [-0.3, -0.25) is 4.79 Å². The molecule has 0 saturated heterocycles. The van der Waals surface area contributed by atoms with Gasteiger partial charge in [-0.15, -0.1) is 0 Å². The highest BCUT2D eigenvalue weighted by Gasteiger charge is 2.30. The summed E-state index contributed by atoms with van der Waals surface area (Å²) < 4.78 is 5.21. The number of carbonyl (C=O) groups is 2. The van der Waals surface area contributed by atoms with Gasteiger partial charge in [0, 0.05) is 12.2 Å². The second-order valence-corrected chi connectivity index (χ2v) is 6.69. The van der Waals surface area contributed by atoms with Crippen LogP contribution in [0.1, 0.15) is 50.4 Å². The molecule has 1 aliphatic carbocycles. The van der Waals surface area contributed by atoms with Gasteiger partial charge in [-0.05, 0) is 37.3 Å². The van der Waals surface area contributed by atoms with Crippen LogP contribution in [0.5, 0.6) is 0 Å². The summed E-state index contributed by atoms with van der Waals surface area (Å²) in [6.07, 6.45) is 3.77. The van der Waals surface area contributed by atoms with E-state index in [0.717, 1.165) is 12.8 Å². The van der Waals surface area contributed by atoms with Crippen LogP contribution >= 0.6 is 11.6 Å². The number of nitrogens with zero attached hydrogens (tertiary/aromatic N) is 1. The summed E-state index contributed by atoms with van der Waals surface area (Å²) in [7, 11) is 0. The molecule has 0 aromatic carbocycles. The zero-order valence-electron chi connectivity index (χ0n) is 13.7. The van der Waals surface area contributed by atoms with Crippen molar-refractivity contribution in [2.24, 2.45) is 11.8 Å². The Morgan fingerprint density at radius 1 is 1.35 bits per heavy atom. The molecular weight excluding hydrogens is 316 g/mol. The lowest BCUT2D eigenvalue weighted by Crippen LogP contribution is -2.47. The topological polar surface area (TPSA) is 68.3 Å². The smallest absolute Gasteiger partial charge is 0.340 e. The van der Waals surface area contributed by atoms with E-state index in [4.69, 9.17) is 16.3 Å². The molecule has 5 nitrogen and oxygen atoms in total. The molecule has 4 atom stereocenters. The molecule has 1 saturated carbocycles. The first-order valence-electron chi connectivity index (χ1n) is 8.01. The fraction of sp³-hybridized carbons (Fsp3) is 0.588. The fourth-order valence-corrected chi connectivity index (χ4v) is 2.98. The van der Waals surface area contributed by atoms with Gasteiger partial charge in [-0.25, -0.2) is 9.78 Å². The average Bonchev–Trinajstić information content (AvgIpc) is 2.52. The molecule has 0 aliphatic heterocycles. The van der Waals surface area contributed by atoms with Crippen molar-refractivity contribution in [3.05, 3.63) is 29.0 Å². The molecule has 126 valence electrons. The Labute approximate surface area is 141 Å². The van der Waals surface area contributed by atoms with Gasteiger partial charge in [-0.1, -0.05) is 38.3 Å². The van der Waals surface area contributed by atoms with Crippen molar-refractivity contribution in [2.45, 2.75) is 52.2 Å². The zero-order chi connectivity index (χ0) is 17.0. The van der Waals surface area contributed by atoms with Crippen LogP contribution in [0.3, 0.4) is 0 Å². The molecule has 0 unspecified atom stereocenters. The third-order valence-corrected chi connectivity index (χ3v) is 4.87. The van der Waals surface area contributed by atoms with E-state index in [2.05, 4.69) is 24.1 Å². The fourth-order valence-electron chi connectivity index (χ4n) is 2.86. The van der Waals surface area contributed by atoms with Crippen LogP contribution < -0.4 is 5.32 Å². The van der Waals surface area contributed by atoms with Gasteiger partial charge in [0.25, 0.3) is 5.91 Å². The predicted octanol–water partition coefficient (Wildman–Crippen LogP) is 3.22. The summed E-state index contributed by atoms with van der Waals surface area (Å²) in [5, 5.41) is 3.31. The number of aromatic nitrogens is 1. The molecule has 0 radical (unpaired) electrons. The van der Waals surface area contributed by atoms with Gasteiger partial charge in [0.05, 0.1) is 5.56 Å². The molecule has 0 spiro atoms. The van der Waals surface area contributed by atoms with Gasteiger partial charge in [0.2, 0.25) is 0 Å². The summed E-state index contributed by atoms with van der Waals surface area (Å²) in [5.74, 6) is 0.177. The minimum Gasteiger partial charge on any atom is -0.449 e. The van der Waals surface area contributed by atoms with Crippen molar-refractivity contribution in [3.8, 4) is 0 Å². The van der Waals surface area contributed by atoms with Crippen LogP contribution in [0.2, 0.25) is 5.15 Å². The number of ether oxygens (including phenoxy) is 1. The number of amides is 1. The van der Waals surface area contributed by atoms with Gasteiger partial charge >= 0.3 is 5.97 Å². The molecule has 1 aromatic heterocycles.